The Morgan fingerprint density at radius 1 is 0.689 bits per heavy atom. The molecule has 0 radical (unpaired) electrons. The van der Waals surface area contributed by atoms with E-state index in [9.17, 15) is 9.59 Å². The van der Waals surface area contributed by atoms with E-state index in [-0.39, 0.29) is 23.0 Å². The highest BCUT2D eigenvalue weighted by Crippen LogP contribution is 2.32. The molecule has 324 valence electrons. The van der Waals surface area contributed by atoms with Crippen LogP contribution in [0.2, 0.25) is 0 Å². The molecular formula is C46H59ClN10O4. The first-order valence-electron chi connectivity index (χ1n) is 21.9. The molecule has 4 atom stereocenters. The minimum atomic E-state index is -0.102. The summed E-state index contributed by atoms with van der Waals surface area (Å²) in [5.74, 6) is 5.90. The number of imidazole rings is 2. The maximum absolute atomic E-state index is 12.8. The molecule has 0 spiro atoms. The van der Waals surface area contributed by atoms with E-state index in [1.54, 1.807) is 21.4 Å². The van der Waals surface area contributed by atoms with Crippen molar-refractivity contribution in [2.24, 2.45) is 11.8 Å². The normalized spacial score (nSPS) is 22.6. The van der Waals surface area contributed by atoms with Crippen LogP contribution in [-0.4, -0.2) is 96.7 Å². The van der Waals surface area contributed by atoms with Crippen molar-refractivity contribution in [3.05, 3.63) is 127 Å². The van der Waals surface area contributed by atoms with Gasteiger partial charge in [0.15, 0.2) is 11.0 Å². The van der Waals surface area contributed by atoms with Crippen LogP contribution in [0.15, 0.2) is 70.5 Å². The number of hydrogen-bond donors (Lipinski definition) is 3. The van der Waals surface area contributed by atoms with Gasteiger partial charge in [-0.2, -0.15) is 10.2 Å². The van der Waals surface area contributed by atoms with Gasteiger partial charge in [-0.1, -0.05) is 73.5 Å². The predicted molar refractivity (Wildman–Crippen MR) is 237 cm³/mol. The van der Waals surface area contributed by atoms with Gasteiger partial charge in [-0.05, 0) is 69.0 Å². The number of benzene rings is 2. The Morgan fingerprint density at radius 2 is 1.21 bits per heavy atom. The summed E-state index contributed by atoms with van der Waals surface area (Å²) in [7, 11) is 0. The minimum absolute atomic E-state index is 0.102. The quantitative estimate of drug-likeness (QED) is 0.157. The first kappa shape index (κ1) is 42.9. The Labute approximate surface area is 361 Å². The van der Waals surface area contributed by atoms with Crippen LogP contribution >= 0.6 is 11.6 Å². The monoisotopic (exact) mass is 850 g/mol. The molecule has 3 N–H and O–H groups in total. The second-order valence-electron chi connectivity index (χ2n) is 17.4. The molecule has 14 nitrogen and oxygen atoms in total. The number of nitrogens with zero attached hydrogens (tertiary/aromatic N) is 7. The number of H-pyrrole nitrogens is 2. The van der Waals surface area contributed by atoms with Crippen LogP contribution < -0.4 is 16.4 Å². The minimum Gasteiger partial charge on any atom is -0.381 e. The van der Waals surface area contributed by atoms with Crippen molar-refractivity contribution >= 4 is 22.6 Å². The summed E-state index contributed by atoms with van der Waals surface area (Å²) in [6.45, 7) is 16.2. The van der Waals surface area contributed by atoms with E-state index in [0.29, 0.717) is 40.6 Å². The van der Waals surface area contributed by atoms with Gasteiger partial charge in [0.2, 0.25) is 0 Å². The van der Waals surface area contributed by atoms with E-state index in [0.717, 1.165) is 108 Å². The van der Waals surface area contributed by atoms with Gasteiger partial charge in [0.05, 0.1) is 12.4 Å². The predicted octanol–water partition coefficient (Wildman–Crippen LogP) is 6.22. The van der Waals surface area contributed by atoms with Crippen LogP contribution in [0.25, 0.3) is 11.0 Å². The van der Waals surface area contributed by atoms with Crippen LogP contribution in [-0.2, 0) is 21.9 Å². The topological polar surface area (TPSA) is 160 Å². The van der Waals surface area contributed by atoms with Gasteiger partial charge in [-0.15, -0.1) is 11.6 Å². The molecule has 4 saturated heterocycles. The second-order valence-corrected chi connectivity index (χ2v) is 17.7. The van der Waals surface area contributed by atoms with Crippen molar-refractivity contribution in [3.8, 4) is 0 Å². The van der Waals surface area contributed by atoms with E-state index >= 15 is 0 Å². The second kappa shape index (κ2) is 19.5. The molecule has 4 aliphatic rings. The van der Waals surface area contributed by atoms with Gasteiger partial charge in [-0.3, -0.25) is 14.5 Å². The molecule has 15 heteroatoms. The first-order valence-corrected chi connectivity index (χ1v) is 22.4. The average molecular weight is 851 g/mol. The molecule has 0 saturated carbocycles. The highest BCUT2D eigenvalue weighted by Gasteiger charge is 2.34. The van der Waals surface area contributed by atoms with Crippen molar-refractivity contribution in [1.82, 2.24) is 49.4 Å². The fourth-order valence-electron chi connectivity index (χ4n) is 9.26. The molecule has 0 bridgehead atoms. The lowest BCUT2D eigenvalue weighted by molar-refractivity contribution is 0.0831. The Morgan fingerprint density at radius 3 is 1.70 bits per heavy atom. The highest BCUT2D eigenvalue weighted by atomic mass is 35.5. The number of likely N-dealkylation sites (tertiary alicyclic amines) is 1. The third kappa shape index (κ3) is 9.99. The largest absolute Gasteiger partial charge is 0.381 e. The Balaban J connectivity index is 0.000000144. The molecule has 6 aromatic rings. The van der Waals surface area contributed by atoms with Gasteiger partial charge < -0.3 is 24.8 Å². The summed E-state index contributed by atoms with van der Waals surface area (Å²) in [4.78, 5) is 42.6. The first-order chi connectivity index (χ1) is 29.6. The molecule has 2 aromatic carbocycles. The summed E-state index contributed by atoms with van der Waals surface area (Å²) >= 11 is 5.60. The number of aromatic amines is 2. The van der Waals surface area contributed by atoms with Gasteiger partial charge in [0.25, 0.3) is 11.1 Å². The van der Waals surface area contributed by atoms with E-state index in [1.165, 1.54) is 22.3 Å². The van der Waals surface area contributed by atoms with Gasteiger partial charge >= 0.3 is 0 Å². The smallest absolute Gasteiger partial charge is 0.276 e. The van der Waals surface area contributed by atoms with E-state index in [2.05, 4.69) is 94.2 Å². The van der Waals surface area contributed by atoms with Gasteiger partial charge in [0.1, 0.15) is 23.3 Å². The average Bonchev–Trinajstić information content (AvgIpc) is 4.08. The molecule has 0 aliphatic carbocycles. The SMILES string of the molecule is CC1CNCC1c1nn2c(C3CCOCC3)ncc2c(=O)[nH]1.Cc1cccc(CCl)c1.Cc1cccc(CN2CC(C)C(c3nn4c(C5CCOCC5)ncc4c(=O)[nH]3)C2)c1. The van der Waals surface area contributed by atoms with Crippen LogP contribution in [0.1, 0.15) is 109 Å². The molecule has 4 unspecified atom stereocenters. The van der Waals surface area contributed by atoms with Crippen LogP contribution in [0.5, 0.6) is 0 Å². The van der Waals surface area contributed by atoms with Gasteiger partial charge in [0, 0.05) is 82.2 Å². The van der Waals surface area contributed by atoms with E-state index in [1.807, 2.05) is 12.1 Å². The number of aromatic nitrogens is 8. The van der Waals surface area contributed by atoms with Gasteiger partial charge in [-0.25, -0.2) is 19.0 Å². The Kier molecular flexibility index (Phi) is 13.8. The number of ether oxygens (including phenoxy) is 2. The molecule has 4 aliphatic heterocycles. The number of alkyl halides is 1. The third-order valence-electron chi connectivity index (χ3n) is 12.7. The van der Waals surface area contributed by atoms with Crippen LogP contribution in [0, 0.1) is 25.7 Å². The Hall–Kier alpha value is -4.73. The third-order valence-corrected chi connectivity index (χ3v) is 13.0. The zero-order valence-corrected chi connectivity index (χ0v) is 36.5. The molecule has 61 heavy (non-hydrogen) atoms. The maximum Gasteiger partial charge on any atom is 0.276 e. The number of fused-ring (bicyclic) bond motifs is 2. The van der Waals surface area contributed by atoms with Crippen molar-refractivity contribution in [1.29, 1.82) is 0 Å². The fraction of sp³-hybridized carbons (Fsp3) is 0.522. The van der Waals surface area contributed by atoms with Crippen molar-refractivity contribution in [2.75, 3.05) is 52.6 Å². The molecule has 4 fully saturated rings. The highest BCUT2D eigenvalue weighted by molar-refractivity contribution is 6.17. The molecular weight excluding hydrogens is 792 g/mol. The number of aryl methyl sites for hydroxylation is 2. The Bertz CT molecular complexity index is 2520. The number of nitrogens with one attached hydrogen (secondary N) is 3. The fourth-order valence-corrected chi connectivity index (χ4v) is 9.43. The zero-order chi connectivity index (χ0) is 42.5. The summed E-state index contributed by atoms with van der Waals surface area (Å²) < 4.78 is 14.5. The van der Waals surface area contributed by atoms with Crippen molar-refractivity contribution in [3.63, 3.8) is 0 Å². The van der Waals surface area contributed by atoms with Crippen molar-refractivity contribution in [2.45, 2.75) is 89.5 Å². The summed E-state index contributed by atoms with van der Waals surface area (Å²) in [5.41, 5.74) is 5.94. The number of rotatable bonds is 7. The number of hydrogen-bond acceptors (Lipinski definition) is 10. The summed E-state index contributed by atoms with van der Waals surface area (Å²) in [5, 5.41) is 13.0. The zero-order valence-electron chi connectivity index (χ0n) is 35.8. The van der Waals surface area contributed by atoms with Crippen LogP contribution in [0.4, 0.5) is 0 Å². The standard InChI is InChI=1S/C23H29N5O2.C15H21N5O2.C8H9Cl/c1-15-4-3-5-17(10-15)13-27-12-16(2)19(14-27)21-25-23(29)20-11-24-22(28(20)26-21)18-6-8-30-9-7-18;1-9-6-16-7-11(9)13-18-15(21)12-8-17-14(20(12)19-13)10-2-4-22-5-3-10;1-7-3-2-4-8(5-7)6-9/h3-5,10-11,16,18-19H,6-9,12-14H2,1-2H3,(H,25,26,29);8-11,16H,2-7H2,1H3,(H,18,19,21);2-5H,6H2,1H3. The summed E-state index contributed by atoms with van der Waals surface area (Å²) in [6.07, 6.45) is 7.01. The maximum atomic E-state index is 12.8. The lowest BCUT2D eigenvalue weighted by Gasteiger charge is -2.21. The number of halogens is 1. The lowest BCUT2D eigenvalue weighted by Crippen LogP contribution is -2.24. The molecule has 4 aromatic heterocycles. The molecule has 8 heterocycles. The summed E-state index contributed by atoms with van der Waals surface area (Å²) in [6, 6.07) is 16.9. The van der Waals surface area contributed by atoms with Crippen LogP contribution in [0.3, 0.4) is 0 Å². The van der Waals surface area contributed by atoms with Crippen molar-refractivity contribution < 1.29 is 9.47 Å². The molecule has 0 amide bonds. The lowest BCUT2D eigenvalue weighted by atomic mass is 9.97. The van der Waals surface area contributed by atoms with E-state index < -0.39 is 0 Å². The van der Waals surface area contributed by atoms with E-state index in [4.69, 9.17) is 31.3 Å². The molecule has 10 rings (SSSR count).